The summed E-state index contributed by atoms with van der Waals surface area (Å²) < 4.78 is 11.0. The highest BCUT2D eigenvalue weighted by molar-refractivity contribution is 7.98. The average Bonchev–Trinajstić information content (AvgIpc) is 3.19. The van der Waals surface area contributed by atoms with Gasteiger partial charge < -0.3 is 8.94 Å². The first-order chi connectivity index (χ1) is 11.3. The lowest BCUT2D eigenvalue weighted by Crippen LogP contribution is -1.85. The summed E-state index contributed by atoms with van der Waals surface area (Å²) in [6.45, 7) is 2.03. The number of oxazole rings is 1. The van der Waals surface area contributed by atoms with Crippen LogP contribution in [0.4, 0.5) is 0 Å². The van der Waals surface area contributed by atoms with E-state index in [0.29, 0.717) is 22.7 Å². The zero-order valence-corrected chi connectivity index (χ0v) is 13.2. The Morgan fingerprint density at radius 1 is 1.00 bits per heavy atom. The second-order valence-electron chi connectivity index (χ2n) is 5.06. The predicted octanol–water partition coefficient (Wildman–Crippen LogP) is 4.48. The molecule has 0 radical (unpaired) electrons. The molecule has 0 aliphatic heterocycles. The first-order valence-corrected chi connectivity index (χ1v) is 8.15. The van der Waals surface area contributed by atoms with Crippen molar-refractivity contribution in [3.63, 3.8) is 0 Å². The molecule has 2 aromatic carbocycles. The topological polar surface area (TPSA) is 65.0 Å². The van der Waals surface area contributed by atoms with Crippen LogP contribution < -0.4 is 0 Å². The lowest BCUT2D eigenvalue weighted by molar-refractivity contribution is 0.391. The summed E-state index contributed by atoms with van der Waals surface area (Å²) in [6, 6.07) is 15.6. The van der Waals surface area contributed by atoms with Gasteiger partial charge in [-0.2, -0.15) is 4.98 Å². The summed E-state index contributed by atoms with van der Waals surface area (Å²) in [5.74, 6) is 1.68. The molecule has 5 nitrogen and oxygen atoms in total. The van der Waals surface area contributed by atoms with Gasteiger partial charge in [-0.25, -0.2) is 4.98 Å². The number of thioether (sulfide) groups is 1. The van der Waals surface area contributed by atoms with Crippen molar-refractivity contribution < 1.29 is 8.94 Å². The number of hydrogen-bond donors (Lipinski definition) is 0. The van der Waals surface area contributed by atoms with E-state index in [1.54, 1.807) is 0 Å². The van der Waals surface area contributed by atoms with E-state index < -0.39 is 0 Å². The van der Waals surface area contributed by atoms with Crippen molar-refractivity contribution in [1.29, 1.82) is 0 Å². The molecule has 0 saturated heterocycles. The Morgan fingerprint density at radius 3 is 2.70 bits per heavy atom. The molecule has 0 amide bonds. The summed E-state index contributed by atoms with van der Waals surface area (Å²) in [4.78, 5) is 8.86. The van der Waals surface area contributed by atoms with Gasteiger partial charge in [0.15, 0.2) is 5.58 Å². The normalized spacial score (nSPS) is 11.2. The zero-order valence-electron chi connectivity index (χ0n) is 12.4. The van der Waals surface area contributed by atoms with Gasteiger partial charge in [0.05, 0.1) is 5.75 Å². The number of rotatable bonds is 4. The second kappa shape index (κ2) is 5.89. The highest BCUT2D eigenvalue weighted by atomic mass is 32.2. The van der Waals surface area contributed by atoms with Crippen molar-refractivity contribution >= 4 is 22.9 Å². The van der Waals surface area contributed by atoms with Gasteiger partial charge in [0.2, 0.25) is 11.7 Å². The van der Waals surface area contributed by atoms with Crippen molar-refractivity contribution in [3.05, 3.63) is 60.0 Å². The third kappa shape index (κ3) is 2.85. The van der Waals surface area contributed by atoms with Crippen LogP contribution in [0.5, 0.6) is 0 Å². The first kappa shape index (κ1) is 14.0. The van der Waals surface area contributed by atoms with E-state index >= 15 is 0 Å². The third-order valence-corrected chi connectivity index (χ3v) is 4.26. The highest BCUT2D eigenvalue weighted by Crippen LogP contribution is 2.27. The molecule has 2 aromatic heterocycles. The van der Waals surface area contributed by atoms with Gasteiger partial charge in [-0.1, -0.05) is 53.3 Å². The quantitative estimate of drug-likeness (QED) is 0.516. The van der Waals surface area contributed by atoms with Crippen LogP contribution in [0.25, 0.3) is 22.5 Å². The van der Waals surface area contributed by atoms with Gasteiger partial charge in [-0.3, -0.25) is 0 Å². The molecule has 0 N–H and O–H groups in total. The van der Waals surface area contributed by atoms with Crippen LogP contribution in [0.1, 0.15) is 11.5 Å². The van der Waals surface area contributed by atoms with E-state index in [2.05, 4.69) is 15.1 Å². The van der Waals surface area contributed by atoms with Crippen molar-refractivity contribution in [2.75, 3.05) is 0 Å². The summed E-state index contributed by atoms with van der Waals surface area (Å²) in [7, 11) is 0. The molecule has 0 atom stereocenters. The molecule has 0 unspecified atom stereocenters. The molecular formula is C17H13N3O2S. The van der Waals surface area contributed by atoms with E-state index in [1.165, 1.54) is 11.8 Å². The molecule has 2 heterocycles. The van der Waals surface area contributed by atoms with Crippen LogP contribution in [0.3, 0.4) is 0 Å². The maximum Gasteiger partial charge on any atom is 0.257 e. The van der Waals surface area contributed by atoms with E-state index in [0.717, 1.165) is 22.2 Å². The first-order valence-electron chi connectivity index (χ1n) is 7.16. The lowest BCUT2D eigenvalue weighted by atomic mass is 10.1. The number of aromatic nitrogens is 3. The molecule has 23 heavy (non-hydrogen) atoms. The fourth-order valence-electron chi connectivity index (χ4n) is 2.28. The number of aryl methyl sites for hydroxylation is 1. The Morgan fingerprint density at radius 2 is 1.83 bits per heavy atom. The maximum absolute atomic E-state index is 5.66. The Labute approximate surface area is 136 Å². The monoisotopic (exact) mass is 323 g/mol. The van der Waals surface area contributed by atoms with Crippen LogP contribution in [0.15, 0.2) is 62.7 Å². The molecule has 0 aliphatic rings. The summed E-state index contributed by atoms with van der Waals surface area (Å²) in [5, 5.41) is 4.65. The molecule has 114 valence electrons. The lowest BCUT2D eigenvalue weighted by Gasteiger charge is -1.97. The third-order valence-electron chi connectivity index (χ3n) is 3.45. The minimum absolute atomic E-state index is 0.520. The smallest absolute Gasteiger partial charge is 0.257 e. The van der Waals surface area contributed by atoms with E-state index in [9.17, 15) is 0 Å². The van der Waals surface area contributed by atoms with Gasteiger partial charge in [-0.05, 0) is 24.6 Å². The maximum atomic E-state index is 5.66. The van der Waals surface area contributed by atoms with Crippen molar-refractivity contribution in [1.82, 2.24) is 15.1 Å². The number of para-hydroxylation sites is 2. The van der Waals surface area contributed by atoms with Gasteiger partial charge in [0.1, 0.15) is 5.52 Å². The van der Waals surface area contributed by atoms with Gasteiger partial charge in [0.25, 0.3) is 5.22 Å². The number of fused-ring (bicyclic) bond motifs is 1. The largest absolute Gasteiger partial charge is 0.431 e. The van der Waals surface area contributed by atoms with Crippen LogP contribution >= 0.6 is 11.8 Å². The molecule has 4 aromatic rings. The SMILES string of the molecule is Cc1ccccc1-c1noc(CSc2nc3ccccc3o2)n1. The molecule has 6 heteroatoms. The number of nitrogens with zero attached hydrogens (tertiary/aromatic N) is 3. The van der Waals surface area contributed by atoms with Crippen LogP contribution in [-0.4, -0.2) is 15.1 Å². The minimum atomic E-state index is 0.520. The number of hydrogen-bond acceptors (Lipinski definition) is 6. The molecule has 4 rings (SSSR count). The van der Waals surface area contributed by atoms with Crippen molar-refractivity contribution in [2.45, 2.75) is 17.9 Å². The van der Waals surface area contributed by atoms with Crippen LogP contribution in [0.2, 0.25) is 0 Å². The van der Waals surface area contributed by atoms with Crippen molar-refractivity contribution in [2.24, 2.45) is 0 Å². The van der Waals surface area contributed by atoms with E-state index in [1.807, 2.05) is 55.5 Å². The summed E-state index contributed by atoms with van der Waals surface area (Å²) >= 11 is 1.44. The Bertz CT molecular complexity index is 928. The van der Waals surface area contributed by atoms with Gasteiger partial charge >= 0.3 is 0 Å². The van der Waals surface area contributed by atoms with Crippen LogP contribution in [-0.2, 0) is 5.75 Å². The van der Waals surface area contributed by atoms with E-state index in [-0.39, 0.29) is 0 Å². The van der Waals surface area contributed by atoms with Crippen LogP contribution in [0, 0.1) is 6.92 Å². The molecule has 0 fully saturated rings. The predicted molar refractivity (Wildman–Crippen MR) is 88.0 cm³/mol. The molecule has 0 aliphatic carbocycles. The van der Waals surface area contributed by atoms with E-state index in [4.69, 9.17) is 8.94 Å². The highest BCUT2D eigenvalue weighted by Gasteiger charge is 2.12. The Hall–Kier alpha value is -2.60. The fraction of sp³-hybridized carbons (Fsp3) is 0.118. The molecular weight excluding hydrogens is 310 g/mol. The Kier molecular flexibility index (Phi) is 3.59. The zero-order chi connectivity index (χ0) is 15.6. The van der Waals surface area contributed by atoms with Crippen molar-refractivity contribution in [3.8, 4) is 11.4 Å². The summed E-state index contributed by atoms with van der Waals surface area (Å²) in [5.41, 5.74) is 3.73. The Balaban J connectivity index is 1.51. The fourth-order valence-corrected chi connectivity index (χ4v) is 2.96. The second-order valence-corrected chi connectivity index (χ2v) is 5.99. The standard InChI is InChI=1S/C17H13N3O2S/c1-11-6-2-3-7-12(11)16-19-15(22-20-16)10-23-17-18-13-8-4-5-9-14(13)21-17/h2-9H,10H2,1H3. The minimum Gasteiger partial charge on any atom is -0.431 e. The molecule has 0 saturated carbocycles. The number of benzene rings is 2. The van der Waals surface area contributed by atoms with Gasteiger partial charge in [-0.15, -0.1) is 0 Å². The average molecular weight is 323 g/mol. The summed E-state index contributed by atoms with van der Waals surface area (Å²) in [6.07, 6.45) is 0. The van der Waals surface area contributed by atoms with Gasteiger partial charge in [0, 0.05) is 5.56 Å². The molecule has 0 bridgehead atoms. The molecule has 0 spiro atoms.